The van der Waals surface area contributed by atoms with Crippen LogP contribution in [-0.2, 0) is 21.5 Å². The lowest BCUT2D eigenvalue weighted by Gasteiger charge is -2.31. The standard InChI is InChI=1S/C19H31IN6O4SSi/c1-32(2,3)10-9-30-14-25-8-6-16-18(25)21-11-17(23-16)24-19(27)22-15-5-4-7-26(12-15)31(28,29)13-20/h6,8,11,15H,4-5,7,9-10,12-14H2,1-3H3,(H2,22,23,24,27). The highest BCUT2D eigenvalue weighted by molar-refractivity contribution is 14.1. The number of amides is 2. The number of nitrogens with one attached hydrogen (secondary N) is 2. The summed E-state index contributed by atoms with van der Waals surface area (Å²) in [4.78, 5) is 21.3. The molecule has 1 aliphatic heterocycles. The maximum atomic E-state index is 12.4. The number of rotatable bonds is 9. The van der Waals surface area contributed by atoms with Gasteiger partial charge in [-0.1, -0.05) is 42.2 Å². The van der Waals surface area contributed by atoms with Crippen LogP contribution in [0.4, 0.5) is 10.6 Å². The first-order valence-corrected chi connectivity index (χ1v) is 17.4. The van der Waals surface area contributed by atoms with Gasteiger partial charge in [-0.3, -0.25) is 5.32 Å². The Hall–Kier alpha value is -1.29. The van der Waals surface area contributed by atoms with Crippen molar-refractivity contribution in [3.63, 3.8) is 0 Å². The first-order chi connectivity index (χ1) is 15.1. The third-order valence-corrected chi connectivity index (χ3v) is 10.6. The third kappa shape index (κ3) is 7.10. The Balaban J connectivity index is 1.54. The van der Waals surface area contributed by atoms with Crippen molar-refractivity contribution in [3.05, 3.63) is 18.5 Å². The first-order valence-electron chi connectivity index (χ1n) is 10.6. The number of fused-ring (bicyclic) bond motifs is 1. The molecule has 2 N–H and O–H groups in total. The summed E-state index contributed by atoms with van der Waals surface area (Å²) in [5.41, 5.74) is 1.35. The Kier molecular flexibility index (Phi) is 8.52. The normalized spacial score (nSPS) is 18.1. The second-order valence-electron chi connectivity index (χ2n) is 9.11. The minimum Gasteiger partial charge on any atom is -0.361 e. The van der Waals surface area contributed by atoms with E-state index in [1.54, 1.807) is 0 Å². The molecule has 2 amide bonds. The molecule has 178 valence electrons. The quantitative estimate of drug-likeness (QED) is 0.200. The number of hydrogen-bond donors (Lipinski definition) is 2. The van der Waals surface area contributed by atoms with Gasteiger partial charge in [-0.25, -0.2) is 23.2 Å². The third-order valence-electron chi connectivity index (χ3n) is 5.18. The van der Waals surface area contributed by atoms with Crippen LogP contribution in [0.5, 0.6) is 0 Å². The predicted octanol–water partition coefficient (Wildman–Crippen LogP) is 3.05. The van der Waals surface area contributed by atoms with Gasteiger partial charge in [0.1, 0.15) is 16.0 Å². The van der Waals surface area contributed by atoms with Crippen LogP contribution < -0.4 is 10.6 Å². The number of halogens is 1. The largest absolute Gasteiger partial charge is 0.361 e. The molecule has 0 saturated carbocycles. The Morgan fingerprint density at radius 3 is 2.88 bits per heavy atom. The average molecular weight is 595 g/mol. The van der Waals surface area contributed by atoms with E-state index in [1.165, 1.54) is 10.5 Å². The Labute approximate surface area is 203 Å². The van der Waals surface area contributed by atoms with E-state index in [-0.39, 0.29) is 16.3 Å². The summed E-state index contributed by atoms with van der Waals surface area (Å²) in [7, 11) is -4.40. The fraction of sp³-hybridized carbons (Fsp3) is 0.632. The van der Waals surface area contributed by atoms with Gasteiger partial charge in [-0.15, -0.1) is 0 Å². The molecule has 2 aromatic rings. The molecule has 3 heterocycles. The van der Waals surface area contributed by atoms with Gasteiger partial charge in [0, 0.05) is 40.0 Å². The number of nitrogens with zero attached hydrogens (tertiary/aromatic N) is 4. The van der Waals surface area contributed by atoms with Crippen LogP contribution in [0, 0.1) is 0 Å². The molecular formula is C19H31IN6O4SSi. The van der Waals surface area contributed by atoms with Gasteiger partial charge in [-0.2, -0.15) is 4.31 Å². The molecule has 1 aliphatic rings. The lowest BCUT2D eigenvalue weighted by molar-refractivity contribution is 0.0899. The summed E-state index contributed by atoms with van der Waals surface area (Å²) >= 11 is 1.85. The zero-order chi connectivity index (χ0) is 23.4. The molecule has 0 bridgehead atoms. The molecule has 2 aromatic heterocycles. The maximum absolute atomic E-state index is 12.4. The number of carbonyl (C=O) groups excluding carboxylic acids is 1. The van der Waals surface area contributed by atoms with E-state index in [4.69, 9.17) is 4.74 Å². The average Bonchev–Trinajstić information content (AvgIpc) is 3.13. The number of anilines is 1. The van der Waals surface area contributed by atoms with Crippen molar-refractivity contribution < 1.29 is 17.9 Å². The van der Waals surface area contributed by atoms with E-state index in [0.29, 0.717) is 36.7 Å². The number of sulfonamides is 1. The fourth-order valence-corrected chi connectivity index (χ4v) is 6.28. The smallest absolute Gasteiger partial charge is 0.320 e. The molecular weight excluding hydrogens is 563 g/mol. The van der Waals surface area contributed by atoms with Crippen molar-refractivity contribution >= 4 is 63.7 Å². The van der Waals surface area contributed by atoms with Crippen molar-refractivity contribution in [1.82, 2.24) is 24.2 Å². The zero-order valence-corrected chi connectivity index (χ0v) is 22.6. The maximum Gasteiger partial charge on any atom is 0.320 e. The van der Waals surface area contributed by atoms with E-state index < -0.39 is 24.1 Å². The summed E-state index contributed by atoms with van der Waals surface area (Å²) < 4.78 is 33.3. The van der Waals surface area contributed by atoms with E-state index in [1.807, 2.05) is 39.4 Å². The van der Waals surface area contributed by atoms with E-state index >= 15 is 0 Å². The van der Waals surface area contributed by atoms with E-state index in [9.17, 15) is 13.2 Å². The Bertz CT molecular complexity index is 1040. The lowest BCUT2D eigenvalue weighted by atomic mass is 10.1. The minimum atomic E-state index is -3.27. The SMILES string of the molecule is C[Si](C)(C)CCOCn1ccc2nc(NC(=O)NC3CCCN(S(=O)(=O)CI)C3)cnc21. The molecule has 0 radical (unpaired) electrons. The summed E-state index contributed by atoms with van der Waals surface area (Å²) in [5, 5.41) is 5.54. The van der Waals surface area contributed by atoms with Crippen LogP contribution >= 0.6 is 22.6 Å². The highest BCUT2D eigenvalue weighted by Gasteiger charge is 2.28. The molecule has 1 saturated heterocycles. The number of piperidine rings is 1. The van der Waals surface area contributed by atoms with Crippen LogP contribution in [0.2, 0.25) is 25.7 Å². The van der Waals surface area contributed by atoms with Crippen molar-refractivity contribution in [2.45, 2.75) is 51.3 Å². The summed E-state index contributed by atoms with van der Waals surface area (Å²) in [6, 6.07) is 2.27. The van der Waals surface area contributed by atoms with Crippen molar-refractivity contribution in [1.29, 1.82) is 0 Å². The summed E-state index contributed by atoms with van der Waals surface area (Å²) in [6.07, 6.45) is 4.81. The van der Waals surface area contributed by atoms with Crippen molar-refractivity contribution in [2.24, 2.45) is 0 Å². The van der Waals surface area contributed by atoms with Gasteiger partial charge in [0.2, 0.25) is 10.0 Å². The Morgan fingerprint density at radius 2 is 2.16 bits per heavy atom. The van der Waals surface area contributed by atoms with Crippen LogP contribution in [0.1, 0.15) is 12.8 Å². The zero-order valence-electron chi connectivity index (χ0n) is 18.7. The molecule has 0 aromatic carbocycles. The number of ether oxygens (including phenoxy) is 1. The molecule has 10 nitrogen and oxygen atoms in total. The molecule has 1 unspecified atom stereocenters. The van der Waals surface area contributed by atoms with E-state index in [0.717, 1.165) is 19.1 Å². The predicted molar refractivity (Wildman–Crippen MR) is 136 cm³/mol. The molecule has 1 atom stereocenters. The minimum absolute atomic E-state index is 0.0300. The lowest BCUT2D eigenvalue weighted by Crippen LogP contribution is -2.50. The van der Waals surface area contributed by atoms with Crippen LogP contribution in [0.15, 0.2) is 18.5 Å². The first kappa shape index (κ1) is 25.3. The molecule has 13 heteroatoms. The monoisotopic (exact) mass is 594 g/mol. The number of aromatic nitrogens is 3. The fourth-order valence-electron chi connectivity index (χ4n) is 3.39. The Morgan fingerprint density at radius 1 is 1.38 bits per heavy atom. The van der Waals surface area contributed by atoms with Gasteiger partial charge in [0.15, 0.2) is 11.5 Å². The molecule has 32 heavy (non-hydrogen) atoms. The van der Waals surface area contributed by atoms with Gasteiger partial charge < -0.3 is 14.6 Å². The molecule has 0 aliphatic carbocycles. The number of hydrogen-bond acceptors (Lipinski definition) is 6. The number of carbonyl (C=O) groups is 1. The van der Waals surface area contributed by atoms with Gasteiger partial charge >= 0.3 is 6.03 Å². The van der Waals surface area contributed by atoms with Crippen LogP contribution in [0.25, 0.3) is 11.2 Å². The van der Waals surface area contributed by atoms with Gasteiger partial charge in [0.05, 0.1) is 6.20 Å². The molecule has 1 fully saturated rings. The molecule has 3 rings (SSSR count). The second-order valence-corrected chi connectivity index (χ2v) is 18.5. The van der Waals surface area contributed by atoms with Crippen LogP contribution in [-0.4, -0.2) is 70.9 Å². The molecule has 0 spiro atoms. The van der Waals surface area contributed by atoms with Crippen molar-refractivity contribution in [3.8, 4) is 0 Å². The van der Waals surface area contributed by atoms with Crippen molar-refractivity contribution in [2.75, 3.05) is 28.8 Å². The highest BCUT2D eigenvalue weighted by Crippen LogP contribution is 2.17. The van der Waals surface area contributed by atoms with E-state index in [2.05, 4.69) is 40.2 Å². The number of urea groups is 1. The van der Waals surface area contributed by atoms with Crippen LogP contribution in [0.3, 0.4) is 0 Å². The second kappa shape index (κ2) is 10.8. The highest BCUT2D eigenvalue weighted by atomic mass is 127. The van der Waals surface area contributed by atoms with Gasteiger partial charge in [0.25, 0.3) is 0 Å². The number of alkyl halides is 1. The summed E-state index contributed by atoms with van der Waals surface area (Å²) in [6.45, 7) is 8.85. The topological polar surface area (TPSA) is 118 Å². The van der Waals surface area contributed by atoms with Gasteiger partial charge in [-0.05, 0) is 25.0 Å². The summed E-state index contributed by atoms with van der Waals surface area (Å²) in [5.74, 6) is 0.333.